The van der Waals surface area contributed by atoms with E-state index in [1.807, 2.05) is 0 Å². The molecule has 0 saturated carbocycles. The van der Waals surface area contributed by atoms with Crippen molar-refractivity contribution in [1.82, 2.24) is 0 Å². The Hall–Kier alpha value is -1.73. The number of aromatic carboxylic acids is 1. The van der Waals surface area contributed by atoms with Gasteiger partial charge in [0.2, 0.25) is 0 Å². The number of hydrogen-bond donors (Lipinski definition) is 2. The van der Waals surface area contributed by atoms with Gasteiger partial charge in [-0.25, -0.2) is 9.18 Å². The highest BCUT2D eigenvalue weighted by Gasteiger charge is 2.16. The van der Waals surface area contributed by atoms with Gasteiger partial charge >= 0.3 is 5.97 Å². The van der Waals surface area contributed by atoms with Gasteiger partial charge in [-0.2, -0.15) is 0 Å². The minimum atomic E-state index is -1.19. The minimum Gasteiger partial charge on any atom is -0.478 e. The van der Waals surface area contributed by atoms with Gasteiger partial charge in [0.25, 0.3) is 5.91 Å². The third kappa shape index (κ3) is 3.68. The summed E-state index contributed by atoms with van der Waals surface area (Å²) in [5.41, 5.74) is -0.164. The monoisotopic (exact) mass is 415 g/mol. The molecule has 4 nitrogen and oxygen atoms in total. The van der Waals surface area contributed by atoms with Crippen molar-refractivity contribution in [2.75, 3.05) is 5.32 Å². The first-order valence-electron chi connectivity index (χ1n) is 5.67. The maximum atomic E-state index is 13.7. The molecule has 0 atom stereocenters. The molecule has 0 aliphatic carbocycles. The van der Waals surface area contributed by atoms with Crippen LogP contribution in [0.1, 0.15) is 20.7 Å². The number of carbonyl (C=O) groups excluding carboxylic acids is 1. The molecule has 0 aliphatic heterocycles. The first-order chi connectivity index (χ1) is 9.88. The zero-order valence-corrected chi connectivity index (χ0v) is 13.5. The maximum absolute atomic E-state index is 13.7. The second-order valence-corrected chi connectivity index (χ2v) is 5.90. The summed E-state index contributed by atoms with van der Waals surface area (Å²) in [5.74, 6) is -2.61. The molecule has 0 unspecified atom stereocenters. The number of anilines is 1. The lowest BCUT2D eigenvalue weighted by molar-refractivity contribution is 0.0698. The standard InChI is InChI=1S/C14H8Br2FNO3/c15-7-1-3-9(11(17)5-7)13(19)18-12-6-8(16)2-4-10(12)14(20)21/h1-6H,(H,18,19)(H,20,21). The highest BCUT2D eigenvalue weighted by atomic mass is 79.9. The Bertz CT molecular complexity index is 734. The van der Waals surface area contributed by atoms with Crippen molar-refractivity contribution >= 4 is 49.4 Å². The molecule has 0 aliphatic rings. The summed E-state index contributed by atoms with van der Waals surface area (Å²) < 4.78 is 14.8. The van der Waals surface area contributed by atoms with Crippen LogP contribution in [-0.2, 0) is 0 Å². The maximum Gasteiger partial charge on any atom is 0.337 e. The molecule has 0 radical (unpaired) electrons. The van der Waals surface area contributed by atoms with Gasteiger partial charge < -0.3 is 10.4 Å². The van der Waals surface area contributed by atoms with Crippen molar-refractivity contribution in [1.29, 1.82) is 0 Å². The van der Waals surface area contributed by atoms with Crippen LogP contribution in [0.15, 0.2) is 45.3 Å². The summed E-state index contributed by atoms with van der Waals surface area (Å²) in [5, 5.41) is 11.5. The predicted molar refractivity (Wildman–Crippen MR) is 83.2 cm³/mol. The summed E-state index contributed by atoms with van der Waals surface area (Å²) >= 11 is 6.29. The van der Waals surface area contributed by atoms with Crippen molar-refractivity contribution < 1.29 is 19.1 Å². The quantitative estimate of drug-likeness (QED) is 0.783. The summed E-state index contributed by atoms with van der Waals surface area (Å²) in [7, 11) is 0. The normalized spacial score (nSPS) is 10.2. The highest BCUT2D eigenvalue weighted by molar-refractivity contribution is 9.10. The number of carboxylic acids is 1. The van der Waals surface area contributed by atoms with E-state index in [1.165, 1.54) is 24.3 Å². The second-order valence-electron chi connectivity index (χ2n) is 4.07. The molecule has 2 N–H and O–H groups in total. The van der Waals surface area contributed by atoms with Crippen LogP contribution in [0.3, 0.4) is 0 Å². The lowest BCUT2D eigenvalue weighted by Gasteiger charge is -2.10. The number of nitrogens with one attached hydrogen (secondary N) is 1. The lowest BCUT2D eigenvalue weighted by Crippen LogP contribution is -2.16. The zero-order valence-electron chi connectivity index (χ0n) is 10.4. The fraction of sp³-hybridized carbons (Fsp3) is 0. The first-order valence-corrected chi connectivity index (χ1v) is 7.26. The van der Waals surface area contributed by atoms with Crippen LogP contribution in [0.5, 0.6) is 0 Å². The fourth-order valence-corrected chi connectivity index (χ4v) is 2.36. The molecule has 2 rings (SSSR count). The number of carbonyl (C=O) groups is 2. The van der Waals surface area contributed by atoms with E-state index in [0.717, 1.165) is 6.07 Å². The van der Waals surface area contributed by atoms with Gasteiger partial charge in [0.05, 0.1) is 16.8 Å². The van der Waals surface area contributed by atoms with Crippen molar-refractivity contribution in [3.8, 4) is 0 Å². The Kier molecular flexibility index (Phi) is 4.74. The van der Waals surface area contributed by atoms with E-state index in [9.17, 15) is 14.0 Å². The van der Waals surface area contributed by atoms with Gasteiger partial charge in [0.15, 0.2) is 0 Å². The topological polar surface area (TPSA) is 66.4 Å². The van der Waals surface area contributed by atoms with Crippen LogP contribution >= 0.6 is 31.9 Å². The lowest BCUT2D eigenvalue weighted by atomic mass is 10.1. The molecular formula is C14H8Br2FNO3. The smallest absolute Gasteiger partial charge is 0.337 e. The molecule has 0 heterocycles. The van der Waals surface area contributed by atoms with Gasteiger partial charge in [0.1, 0.15) is 5.82 Å². The zero-order chi connectivity index (χ0) is 15.6. The van der Waals surface area contributed by atoms with Gasteiger partial charge in [-0.3, -0.25) is 4.79 Å². The molecule has 21 heavy (non-hydrogen) atoms. The number of benzene rings is 2. The fourth-order valence-electron chi connectivity index (χ4n) is 1.67. The molecule has 0 spiro atoms. The number of hydrogen-bond acceptors (Lipinski definition) is 2. The van der Waals surface area contributed by atoms with Crippen molar-refractivity contribution in [3.05, 3.63) is 62.3 Å². The SMILES string of the molecule is O=C(Nc1cc(Br)ccc1C(=O)O)c1ccc(Br)cc1F. The summed E-state index contributed by atoms with van der Waals surface area (Å²) in [6.07, 6.45) is 0. The molecule has 0 fully saturated rings. The van der Waals surface area contributed by atoms with E-state index in [1.54, 1.807) is 6.07 Å². The Labute approximate surface area is 136 Å². The second kappa shape index (κ2) is 6.36. The summed E-state index contributed by atoms with van der Waals surface area (Å²) in [4.78, 5) is 23.2. The summed E-state index contributed by atoms with van der Waals surface area (Å²) in [6.45, 7) is 0. The average Bonchev–Trinajstić information content (AvgIpc) is 2.37. The Morgan fingerprint density at radius 1 is 1.00 bits per heavy atom. The van der Waals surface area contributed by atoms with E-state index < -0.39 is 17.7 Å². The number of halogens is 3. The van der Waals surface area contributed by atoms with Gasteiger partial charge in [-0.05, 0) is 36.4 Å². The van der Waals surface area contributed by atoms with Crippen LogP contribution in [0.4, 0.5) is 10.1 Å². The number of rotatable bonds is 3. The van der Waals surface area contributed by atoms with Crippen molar-refractivity contribution in [2.24, 2.45) is 0 Å². The van der Waals surface area contributed by atoms with Crippen molar-refractivity contribution in [3.63, 3.8) is 0 Å². The molecule has 7 heteroatoms. The van der Waals surface area contributed by atoms with Crippen LogP contribution in [-0.4, -0.2) is 17.0 Å². The third-order valence-corrected chi connectivity index (χ3v) is 3.62. The Morgan fingerprint density at radius 3 is 2.14 bits per heavy atom. The number of amides is 1. The molecule has 108 valence electrons. The van der Waals surface area contributed by atoms with E-state index in [0.29, 0.717) is 8.95 Å². The van der Waals surface area contributed by atoms with E-state index >= 15 is 0 Å². The van der Waals surface area contributed by atoms with Gasteiger partial charge in [-0.15, -0.1) is 0 Å². The third-order valence-electron chi connectivity index (χ3n) is 2.64. The molecule has 2 aromatic rings. The molecular weight excluding hydrogens is 409 g/mol. The molecule has 0 saturated heterocycles. The largest absolute Gasteiger partial charge is 0.478 e. The van der Waals surface area contributed by atoms with Gasteiger partial charge in [-0.1, -0.05) is 31.9 Å². The average molecular weight is 417 g/mol. The van der Waals surface area contributed by atoms with Crippen molar-refractivity contribution in [2.45, 2.75) is 0 Å². The van der Waals surface area contributed by atoms with E-state index in [4.69, 9.17) is 5.11 Å². The molecule has 0 bridgehead atoms. The molecule has 1 amide bonds. The summed E-state index contributed by atoms with van der Waals surface area (Å²) in [6, 6.07) is 8.33. The van der Waals surface area contributed by atoms with Crippen LogP contribution in [0.25, 0.3) is 0 Å². The number of carboxylic acid groups (broad SMARTS) is 1. The molecule has 0 aromatic heterocycles. The highest BCUT2D eigenvalue weighted by Crippen LogP contribution is 2.23. The van der Waals surface area contributed by atoms with Crippen LogP contribution in [0, 0.1) is 5.82 Å². The van der Waals surface area contributed by atoms with Crippen LogP contribution < -0.4 is 5.32 Å². The van der Waals surface area contributed by atoms with Gasteiger partial charge in [0, 0.05) is 8.95 Å². The van der Waals surface area contributed by atoms with Crippen LogP contribution in [0.2, 0.25) is 0 Å². The van der Waals surface area contributed by atoms with E-state index in [2.05, 4.69) is 37.2 Å². The first kappa shape index (κ1) is 15.7. The van der Waals surface area contributed by atoms with E-state index in [-0.39, 0.29) is 16.8 Å². The molecule has 2 aromatic carbocycles. The predicted octanol–water partition coefficient (Wildman–Crippen LogP) is 4.30. The Morgan fingerprint density at radius 2 is 1.57 bits per heavy atom. The Balaban J connectivity index is 2.35. The minimum absolute atomic E-state index is 0.0796.